The third kappa shape index (κ3) is 3.52. The second kappa shape index (κ2) is 6.89. The minimum absolute atomic E-state index is 0.106. The van der Waals surface area contributed by atoms with E-state index in [-0.39, 0.29) is 11.5 Å². The van der Waals surface area contributed by atoms with Gasteiger partial charge in [-0.25, -0.2) is 9.97 Å². The molecule has 0 saturated heterocycles. The van der Waals surface area contributed by atoms with Gasteiger partial charge in [0.2, 0.25) is 5.95 Å². The highest BCUT2D eigenvalue weighted by atomic mass is 16.5. The van der Waals surface area contributed by atoms with Crippen molar-refractivity contribution in [2.75, 3.05) is 12.3 Å². The molecule has 2 rings (SSSR count). The molecule has 6 nitrogen and oxygen atoms in total. The van der Waals surface area contributed by atoms with E-state index in [9.17, 15) is 4.79 Å². The number of nitrogens with zero attached hydrogens (tertiary/aromatic N) is 2. The standard InChI is InChI=1S/C16H20N4O2/c1-3-4-8-22-12-7-5-6-11(9-12)14-13(15(17)21)10(2)19-16(18)20-14/h5-7,9H,3-4,8H2,1-2H3,(H2,17,21)(H2,18,19,20). The van der Waals surface area contributed by atoms with Crippen LogP contribution in [0.4, 0.5) is 5.95 Å². The molecule has 0 aliphatic carbocycles. The third-order valence-electron chi connectivity index (χ3n) is 3.23. The van der Waals surface area contributed by atoms with Gasteiger partial charge in [0.25, 0.3) is 5.91 Å². The van der Waals surface area contributed by atoms with Crippen LogP contribution in [0.2, 0.25) is 0 Å². The predicted octanol–water partition coefficient (Wildman–Crippen LogP) is 2.31. The van der Waals surface area contributed by atoms with Crippen LogP contribution < -0.4 is 16.2 Å². The molecule has 0 unspecified atom stereocenters. The number of nitrogen functional groups attached to an aromatic ring is 1. The topological polar surface area (TPSA) is 104 Å². The Hall–Kier alpha value is -2.63. The number of rotatable bonds is 6. The van der Waals surface area contributed by atoms with Crippen LogP contribution in [-0.4, -0.2) is 22.5 Å². The van der Waals surface area contributed by atoms with Gasteiger partial charge in [-0.3, -0.25) is 4.79 Å². The third-order valence-corrected chi connectivity index (χ3v) is 3.23. The van der Waals surface area contributed by atoms with Crippen LogP contribution in [0.25, 0.3) is 11.3 Å². The molecule has 0 radical (unpaired) electrons. The van der Waals surface area contributed by atoms with Gasteiger partial charge >= 0.3 is 0 Å². The van der Waals surface area contributed by atoms with Crippen molar-refractivity contribution in [2.24, 2.45) is 5.73 Å². The van der Waals surface area contributed by atoms with Gasteiger partial charge in [-0.15, -0.1) is 0 Å². The number of unbranched alkanes of at least 4 members (excludes halogenated alkanes) is 1. The van der Waals surface area contributed by atoms with E-state index < -0.39 is 5.91 Å². The molecule has 1 amide bonds. The highest BCUT2D eigenvalue weighted by molar-refractivity contribution is 6.00. The van der Waals surface area contributed by atoms with Crippen LogP contribution >= 0.6 is 0 Å². The molecule has 0 aliphatic heterocycles. The summed E-state index contributed by atoms with van der Waals surface area (Å²) in [5, 5.41) is 0. The van der Waals surface area contributed by atoms with Crippen LogP contribution in [0.3, 0.4) is 0 Å². The lowest BCUT2D eigenvalue weighted by atomic mass is 10.0. The molecule has 0 spiro atoms. The zero-order valence-electron chi connectivity index (χ0n) is 12.8. The van der Waals surface area contributed by atoms with Crippen LogP contribution in [0, 0.1) is 6.92 Å². The molecule has 1 aromatic carbocycles. The van der Waals surface area contributed by atoms with E-state index in [1.54, 1.807) is 6.92 Å². The fraction of sp³-hybridized carbons (Fsp3) is 0.312. The smallest absolute Gasteiger partial charge is 0.252 e. The summed E-state index contributed by atoms with van der Waals surface area (Å²) in [5.41, 5.74) is 13.0. The number of amides is 1. The summed E-state index contributed by atoms with van der Waals surface area (Å²) in [6.07, 6.45) is 2.05. The Kier molecular flexibility index (Phi) is 4.93. The zero-order valence-corrected chi connectivity index (χ0v) is 12.8. The van der Waals surface area contributed by atoms with Gasteiger partial charge < -0.3 is 16.2 Å². The number of hydrogen-bond donors (Lipinski definition) is 2. The number of anilines is 1. The number of carbonyl (C=O) groups is 1. The molecule has 0 bridgehead atoms. The lowest BCUT2D eigenvalue weighted by Crippen LogP contribution is -2.17. The van der Waals surface area contributed by atoms with Crippen molar-refractivity contribution in [1.29, 1.82) is 0 Å². The Bertz CT molecular complexity index is 686. The first kappa shape index (κ1) is 15.8. The van der Waals surface area contributed by atoms with Crippen molar-refractivity contribution in [3.63, 3.8) is 0 Å². The van der Waals surface area contributed by atoms with E-state index in [0.29, 0.717) is 18.0 Å². The first-order valence-corrected chi connectivity index (χ1v) is 7.20. The van der Waals surface area contributed by atoms with Crippen molar-refractivity contribution in [1.82, 2.24) is 9.97 Å². The van der Waals surface area contributed by atoms with Crippen molar-refractivity contribution < 1.29 is 9.53 Å². The highest BCUT2D eigenvalue weighted by Crippen LogP contribution is 2.27. The Balaban J connectivity index is 2.43. The number of carbonyl (C=O) groups excluding carboxylic acids is 1. The van der Waals surface area contributed by atoms with Gasteiger partial charge in [-0.2, -0.15) is 0 Å². The second-order valence-corrected chi connectivity index (χ2v) is 4.98. The second-order valence-electron chi connectivity index (χ2n) is 4.98. The van der Waals surface area contributed by atoms with Crippen LogP contribution in [0.15, 0.2) is 24.3 Å². The molecular weight excluding hydrogens is 280 g/mol. The summed E-state index contributed by atoms with van der Waals surface area (Å²) in [4.78, 5) is 19.9. The van der Waals surface area contributed by atoms with Gasteiger partial charge in [-0.05, 0) is 25.5 Å². The van der Waals surface area contributed by atoms with Gasteiger partial charge in [-0.1, -0.05) is 25.5 Å². The summed E-state index contributed by atoms with van der Waals surface area (Å²) < 4.78 is 5.68. The van der Waals surface area contributed by atoms with E-state index in [4.69, 9.17) is 16.2 Å². The SMILES string of the molecule is CCCCOc1cccc(-c2nc(N)nc(C)c2C(N)=O)c1. The first-order chi connectivity index (χ1) is 10.5. The van der Waals surface area contributed by atoms with E-state index in [2.05, 4.69) is 16.9 Å². The maximum absolute atomic E-state index is 11.7. The number of hydrogen-bond acceptors (Lipinski definition) is 5. The van der Waals surface area contributed by atoms with Crippen molar-refractivity contribution in [2.45, 2.75) is 26.7 Å². The molecule has 0 aliphatic rings. The number of ether oxygens (including phenoxy) is 1. The van der Waals surface area contributed by atoms with E-state index in [0.717, 1.165) is 24.2 Å². The number of benzene rings is 1. The van der Waals surface area contributed by atoms with Gasteiger partial charge in [0, 0.05) is 5.56 Å². The molecule has 6 heteroatoms. The maximum Gasteiger partial charge on any atom is 0.252 e. The molecule has 1 aromatic heterocycles. The molecule has 0 saturated carbocycles. The van der Waals surface area contributed by atoms with Crippen molar-refractivity contribution in [3.8, 4) is 17.0 Å². The zero-order chi connectivity index (χ0) is 16.1. The molecule has 1 heterocycles. The minimum Gasteiger partial charge on any atom is -0.494 e. The van der Waals surface area contributed by atoms with Crippen molar-refractivity contribution in [3.05, 3.63) is 35.5 Å². The quantitative estimate of drug-likeness (QED) is 0.797. The number of aromatic nitrogens is 2. The highest BCUT2D eigenvalue weighted by Gasteiger charge is 2.17. The summed E-state index contributed by atoms with van der Waals surface area (Å²) in [6, 6.07) is 7.36. The number of nitrogens with two attached hydrogens (primary N) is 2. The summed E-state index contributed by atoms with van der Waals surface area (Å²) >= 11 is 0. The van der Waals surface area contributed by atoms with Crippen molar-refractivity contribution >= 4 is 11.9 Å². The fourth-order valence-electron chi connectivity index (χ4n) is 2.17. The molecular formula is C16H20N4O2. The predicted molar refractivity (Wildman–Crippen MR) is 85.5 cm³/mol. The average Bonchev–Trinajstić information content (AvgIpc) is 2.46. The number of aryl methyl sites for hydroxylation is 1. The van der Waals surface area contributed by atoms with Crippen LogP contribution in [0.1, 0.15) is 35.8 Å². The molecule has 0 fully saturated rings. The Morgan fingerprint density at radius 2 is 2.09 bits per heavy atom. The Morgan fingerprint density at radius 3 is 2.77 bits per heavy atom. The molecule has 116 valence electrons. The largest absolute Gasteiger partial charge is 0.494 e. The van der Waals surface area contributed by atoms with Crippen LogP contribution in [0.5, 0.6) is 5.75 Å². The normalized spacial score (nSPS) is 10.5. The fourth-order valence-corrected chi connectivity index (χ4v) is 2.17. The van der Waals surface area contributed by atoms with E-state index in [1.165, 1.54) is 0 Å². The summed E-state index contributed by atoms with van der Waals surface area (Å²) in [7, 11) is 0. The lowest BCUT2D eigenvalue weighted by Gasteiger charge is -2.11. The summed E-state index contributed by atoms with van der Waals surface area (Å²) in [5.74, 6) is 0.246. The van der Waals surface area contributed by atoms with Gasteiger partial charge in [0.15, 0.2) is 0 Å². The Morgan fingerprint density at radius 1 is 1.32 bits per heavy atom. The van der Waals surface area contributed by atoms with Gasteiger partial charge in [0.05, 0.1) is 23.6 Å². The molecule has 22 heavy (non-hydrogen) atoms. The minimum atomic E-state index is -0.579. The summed E-state index contributed by atoms with van der Waals surface area (Å²) in [6.45, 7) is 4.43. The molecule has 0 atom stereocenters. The number of primary amides is 1. The van der Waals surface area contributed by atoms with E-state index >= 15 is 0 Å². The van der Waals surface area contributed by atoms with Crippen LogP contribution in [-0.2, 0) is 0 Å². The van der Waals surface area contributed by atoms with Gasteiger partial charge in [0.1, 0.15) is 5.75 Å². The van der Waals surface area contributed by atoms with E-state index in [1.807, 2.05) is 24.3 Å². The average molecular weight is 300 g/mol. The Labute approximate surface area is 129 Å². The molecule has 4 N–H and O–H groups in total. The maximum atomic E-state index is 11.7. The molecule has 2 aromatic rings. The first-order valence-electron chi connectivity index (χ1n) is 7.20. The monoisotopic (exact) mass is 300 g/mol. The lowest BCUT2D eigenvalue weighted by molar-refractivity contribution is 0.0999.